The van der Waals surface area contributed by atoms with Crippen LogP contribution in [0, 0.1) is 11.8 Å². The molecule has 1 saturated carbocycles. The van der Waals surface area contributed by atoms with Gasteiger partial charge in [-0.1, -0.05) is 0 Å². The number of amides is 1. The Hall–Kier alpha value is -0.610. The zero-order chi connectivity index (χ0) is 10.1. The highest BCUT2D eigenvalue weighted by Gasteiger charge is 2.37. The maximum atomic E-state index is 11.0. The lowest BCUT2D eigenvalue weighted by Gasteiger charge is -2.40. The zero-order valence-corrected chi connectivity index (χ0v) is 8.48. The molecule has 1 heterocycles. The molecule has 0 bridgehead atoms. The molecular weight excluding hydrogens is 178 g/mol. The lowest BCUT2D eigenvalue weighted by molar-refractivity contribution is -0.127. The van der Waals surface area contributed by atoms with Crippen molar-refractivity contribution in [2.45, 2.75) is 25.3 Å². The average molecular weight is 197 g/mol. The number of hydrogen-bond acceptors (Lipinski definition) is 3. The minimum absolute atomic E-state index is 0.0113. The van der Waals surface area contributed by atoms with Gasteiger partial charge in [0.1, 0.15) is 0 Å². The Morgan fingerprint density at radius 1 is 1.43 bits per heavy atom. The smallest absolute Gasteiger partial charge is 0.234 e. The van der Waals surface area contributed by atoms with E-state index in [2.05, 4.69) is 4.90 Å². The second-order valence-electron chi connectivity index (χ2n) is 4.53. The quantitative estimate of drug-likeness (QED) is 0.626. The van der Waals surface area contributed by atoms with Gasteiger partial charge in [-0.05, 0) is 37.6 Å². The molecule has 0 aromatic heterocycles. The van der Waals surface area contributed by atoms with Crippen molar-refractivity contribution in [3.8, 4) is 0 Å². The molecule has 80 valence electrons. The molecule has 2 atom stereocenters. The monoisotopic (exact) mass is 197 g/mol. The van der Waals surface area contributed by atoms with E-state index in [1.807, 2.05) is 0 Å². The van der Waals surface area contributed by atoms with Gasteiger partial charge in [0.2, 0.25) is 5.91 Å². The van der Waals surface area contributed by atoms with Crippen molar-refractivity contribution in [1.82, 2.24) is 4.90 Å². The summed E-state index contributed by atoms with van der Waals surface area (Å²) in [5, 5.41) is 0. The van der Waals surface area contributed by atoms with Gasteiger partial charge in [0, 0.05) is 13.1 Å². The van der Waals surface area contributed by atoms with Crippen LogP contribution in [0.1, 0.15) is 19.3 Å². The Bertz CT molecular complexity index is 227. The standard InChI is InChI=1S/C10H19N3O/c11-5-8(7-1-2-7)6-13-4-3-9(13)10(12)14/h7-9H,1-6,11H2,(H2,12,14). The van der Waals surface area contributed by atoms with Gasteiger partial charge in [0.05, 0.1) is 6.04 Å². The van der Waals surface area contributed by atoms with Gasteiger partial charge in [-0.2, -0.15) is 0 Å². The van der Waals surface area contributed by atoms with Crippen LogP contribution in [0.2, 0.25) is 0 Å². The Kier molecular flexibility index (Phi) is 2.74. The summed E-state index contributed by atoms with van der Waals surface area (Å²) in [6.45, 7) is 2.72. The fraction of sp³-hybridized carbons (Fsp3) is 0.900. The second-order valence-corrected chi connectivity index (χ2v) is 4.53. The van der Waals surface area contributed by atoms with Gasteiger partial charge >= 0.3 is 0 Å². The first-order chi connectivity index (χ1) is 6.72. The number of rotatable bonds is 5. The summed E-state index contributed by atoms with van der Waals surface area (Å²) in [5.74, 6) is 1.22. The van der Waals surface area contributed by atoms with E-state index in [1.165, 1.54) is 12.8 Å². The van der Waals surface area contributed by atoms with Crippen LogP contribution in [0.4, 0.5) is 0 Å². The van der Waals surface area contributed by atoms with Gasteiger partial charge < -0.3 is 11.5 Å². The molecule has 4 heteroatoms. The Labute approximate surface area is 84.6 Å². The van der Waals surface area contributed by atoms with Crippen molar-refractivity contribution in [1.29, 1.82) is 0 Å². The number of nitrogens with zero attached hydrogens (tertiary/aromatic N) is 1. The Morgan fingerprint density at radius 2 is 2.14 bits per heavy atom. The molecule has 0 radical (unpaired) electrons. The number of nitrogens with two attached hydrogens (primary N) is 2. The van der Waals surface area contributed by atoms with E-state index in [0.29, 0.717) is 5.92 Å². The molecule has 1 saturated heterocycles. The maximum Gasteiger partial charge on any atom is 0.234 e. The van der Waals surface area contributed by atoms with E-state index in [9.17, 15) is 4.79 Å². The van der Waals surface area contributed by atoms with E-state index >= 15 is 0 Å². The predicted octanol–water partition coefficient (Wildman–Crippen LogP) is -0.469. The number of hydrogen-bond donors (Lipinski definition) is 2. The molecule has 2 rings (SSSR count). The maximum absolute atomic E-state index is 11.0. The molecule has 0 spiro atoms. The predicted molar refractivity (Wildman–Crippen MR) is 54.4 cm³/mol. The van der Waals surface area contributed by atoms with Gasteiger partial charge in [0.25, 0.3) is 0 Å². The van der Waals surface area contributed by atoms with Gasteiger partial charge in [-0.25, -0.2) is 0 Å². The van der Waals surface area contributed by atoms with Gasteiger partial charge in [0.15, 0.2) is 0 Å². The average Bonchev–Trinajstić information content (AvgIpc) is 2.86. The summed E-state index contributed by atoms with van der Waals surface area (Å²) >= 11 is 0. The van der Waals surface area contributed by atoms with E-state index in [1.54, 1.807) is 0 Å². The number of likely N-dealkylation sites (tertiary alicyclic amines) is 1. The molecule has 2 fully saturated rings. The molecule has 2 aliphatic rings. The fourth-order valence-corrected chi connectivity index (χ4v) is 2.27. The molecule has 0 aromatic rings. The zero-order valence-electron chi connectivity index (χ0n) is 8.48. The molecule has 1 aliphatic carbocycles. The third-order valence-electron chi connectivity index (χ3n) is 3.52. The summed E-state index contributed by atoms with van der Waals surface area (Å²) in [7, 11) is 0. The van der Waals surface area contributed by atoms with Crippen molar-refractivity contribution in [3.63, 3.8) is 0 Å². The minimum Gasteiger partial charge on any atom is -0.368 e. The topological polar surface area (TPSA) is 72.3 Å². The molecule has 4 nitrogen and oxygen atoms in total. The van der Waals surface area contributed by atoms with E-state index in [4.69, 9.17) is 11.5 Å². The Balaban J connectivity index is 1.81. The van der Waals surface area contributed by atoms with Crippen LogP contribution in [0.25, 0.3) is 0 Å². The first-order valence-electron chi connectivity index (χ1n) is 5.45. The largest absolute Gasteiger partial charge is 0.368 e. The normalized spacial score (nSPS) is 29.6. The van der Waals surface area contributed by atoms with Crippen molar-refractivity contribution in [3.05, 3.63) is 0 Å². The first kappa shape index (κ1) is 9.93. The summed E-state index contributed by atoms with van der Waals surface area (Å²) in [6, 6.07) is -0.0113. The Morgan fingerprint density at radius 3 is 2.50 bits per heavy atom. The number of primary amides is 1. The molecule has 14 heavy (non-hydrogen) atoms. The minimum atomic E-state index is -0.178. The van der Waals surface area contributed by atoms with Gasteiger partial charge in [-0.3, -0.25) is 9.69 Å². The molecular formula is C10H19N3O. The van der Waals surface area contributed by atoms with Crippen LogP contribution in [-0.4, -0.2) is 36.5 Å². The molecule has 2 unspecified atom stereocenters. The third-order valence-corrected chi connectivity index (χ3v) is 3.52. The highest BCUT2D eigenvalue weighted by atomic mass is 16.1. The van der Waals surface area contributed by atoms with Crippen molar-refractivity contribution >= 4 is 5.91 Å². The van der Waals surface area contributed by atoms with Crippen molar-refractivity contribution in [2.24, 2.45) is 23.3 Å². The third kappa shape index (κ3) is 1.91. The molecule has 1 aliphatic heterocycles. The highest BCUT2D eigenvalue weighted by Crippen LogP contribution is 2.37. The fourth-order valence-electron chi connectivity index (χ4n) is 2.27. The molecule has 1 amide bonds. The first-order valence-corrected chi connectivity index (χ1v) is 5.45. The van der Waals surface area contributed by atoms with Gasteiger partial charge in [-0.15, -0.1) is 0 Å². The lowest BCUT2D eigenvalue weighted by Crippen LogP contribution is -2.56. The molecule has 0 aromatic carbocycles. The summed E-state index contributed by atoms with van der Waals surface area (Å²) < 4.78 is 0. The number of carbonyl (C=O) groups excluding carboxylic acids is 1. The highest BCUT2D eigenvalue weighted by molar-refractivity contribution is 5.80. The van der Waals surface area contributed by atoms with Crippen LogP contribution in [0.5, 0.6) is 0 Å². The summed E-state index contributed by atoms with van der Waals surface area (Å²) in [4.78, 5) is 13.2. The number of carbonyl (C=O) groups is 1. The van der Waals surface area contributed by atoms with Crippen LogP contribution < -0.4 is 11.5 Å². The van der Waals surface area contributed by atoms with E-state index in [0.717, 1.165) is 32.0 Å². The van der Waals surface area contributed by atoms with Crippen LogP contribution in [-0.2, 0) is 4.79 Å². The second kappa shape index (κ2) is 3.87. The van der Waals surface area contributed by atoms with Crippen LogP contribution >= 0.6 is 0 Å². The summed E-state index contributed by atoms with van der Waals surface area (Å²) in [5.41, 5.74) is 11.0. The SMILES string of the molecule is NCC(CN1CCC1C(N)=O)C1CC1. The van der Waals surface area contributed by atoms with E-state index in [-0.39, 0.29) is 11.9 Å². The van der Waals surface area contributed by atoms with Crippen LogP contribution in [0.3, 0.4) is 0 Å². The van der Waals surface area contributed by atoms with Crippen molar-refractivity contribution in [2.75, 3.05) is 19.6 Å². The summed E-state index contributed by atoms with van der Waals surface area (Å²) in [6.07, 6.45) is 3.56. The van der Waals surface area contributed by atoms with Crippen LogP contribution in [0.15, 0.2) is 0 Å². The molecule has 4 N–H and O–H groups in total. The lowest BCUT2D eigenvalue weighted by atomic mass is 9.96. The van der Waals surface area contributed by atoms with Crippen molar-refractivity contribution < 1.29 is 4.79 Å². The van der Waals surface area contributed by atoms with E-state index < -0.39 is 0 Å².